The molecule has 5 rings (SSSR count). The molecule has 1 aliphatic carbocycles. The number of fused-ring (bicyclic) bond motifs is 1. The maximum Gasteiger partial charge on any atom is 0.417 e. The van der Waals surface area contributed by atoms with Gasteiger partial charge in [0.05, 0.1) is 17.1 Å². The number of alkyl halides is 3. The van der Waals surface area contributed by atoms with Gasteiger partial charge >= 0.3 is 6.18 Å². The molecule has 186 valence electrons. The van der Waals surface area contributed by atoms with E-state index in [0.29, 0.717) is 43.0 Å². The molecule has 1 aromatic heterocycles. The summed E-state index contributed by atoms with van der Waals surface area (Å²) >= 11 is 5.68. The van der Waals surface area contributed by atoms with Crippen LogP contribution >= 0.6 is 11.6 Å². The van der Waals surface area contributed by atoms with Crippen molar-refractivity contribution in [2.45, 2.75) is 25.4 Å². The van der Waals surface area contributed by atoms with E-state index in [-0.39, 0.29) is 17.5 Å². The number of amides is 1. The van der Waals surface area contributed by atoms with Crippen molar-refractivity contribution in [2.24, 2.45) is 10.9 Å². The van der Waals surface area contributed by atoms with Crippen LogP contribution in [0.5, 0.6) is 11.5 Å². The van der Waals surface area contributed by atoms with Gasteiger partial charge in [0.25, 0.3) is 0 Å². The molecule has 0 bridgehead atoms. The number of ether oxygens (including phenoxy) is 1. The van der Waals surface area contributed by atoms with Crippen LogP contribution in [0, 0.1) is 5.92 Å². The van der Waals surface area contributed by atoms with E-state index in [1.807, 2.05) is 24.3 Å². The van der Waals surface area contributed by atoms with Crippen molar-refractivity contribution in [3.05, 3.63) is 82.1 Å². The number of amidine groups is 1. The number of aromatic nitrogens is 1. The third kappa shape index (κ3) is 5.31. The molecule has 6 nitrogen and oxygen atoms in total. The number of hydrogen-bond donors (Lipinski definition) is 2. The molecule has 2 aliphatic rings. The van der Waals surface area contributed by atoms with E-state index in [1.54, 1.807) is 12.3 Å². The van der Waals surface area contributed by atoms with Gasteiger partial charge in [-0.2, -0.15) is 13.2 Å². The number of carbonyl (C=O) groups excluding carboxylic acids is 1. The molecule has 0 radical (unpaired) electrons. The molecule has 3 aromatic rings. The van der Waals surface area contributed by atoms with Gasteiger partial charge in [0.2, 0.25) is 5.91 Å². The summed E-state index contributed by atoms with van der Waals surface area (Å²) in [5.41, 5.74) is 1.89. The first-order chi connectivity index (χ1) is 17.3. The molecular weight excluding hydrogens is 493 g/mol. The monoisotopic (exact) mass is 514 g/mol. The first-order valence-electron chi connectivity index (χ1n) is 11.5. The Bertz CT molecular complexity index is 1340. The zero-order valence-corrected chi connectivity index (χ0v) is 19.8. The van der Waals surface area contributed by atoms with Crippen molar-refractivity contribution < 1.29 is 22.7 Å². The second-order valence-corrected chi connectivity index (χ2v) is 9.10. The third-order valence-corrected chi connectivity index (χ3v) is 6.53. The van der Waals surface area contributed by atoms with Crippen molar-refractivity contribution in [1.82, 2.24) is 10.3 Å². The quantitative estimate of drug-likeness (QED) is 0.462. The van der Waals surface area contributed by atoms with Gasteiger partial charge in [0, 0.05) is 30.4 Å². The Kier molecular flexibility index (Phi) is 6.57. The van der Waals surface area contributed by atoms with E-state index < -0.39 is 16.8 Å². The number of nitrogens with zero attached hydrogens (tertiary/aromatic N) is 2. The van der Waals surface area contributed by atoms with E-state index in [0.717, 1.165) is 35.6 Å². The van der Waals surface area contributed by atoms with Gasteiger partial charge in [-0.3, -0.25) is 14.8 Å². The first kappa shape index (κ1) is 24.1. The molecule has 2 heterocycles. The summed E-state index contributed by atoms with van der Waals surface area (Å²) in [6.45, 7) is 1.49. The predicted molar refractivity (Wildman–Crippen MR) is 131 cm³/mol. The smallest absolute Gasteiger partial charge is 0.417 e. The van der Waals surface area contributed by atoms with Gasteiger partial charge in [-0.15, -0.1) is 0 Å². The number of anilines is 1. The van der Waals surface area contributed by atoms with Crippen molar-refractivity contribution in [2.75, 3.05) is 18.4 Å². The number of hydrogen-bond acceptors (Lipinski definition) is 5. The standard InChI is InChI=1S/C26H22ClF3N4O2/c27-22-6-4-18(13-21(22)26(28,29)30)34-25(35)16-2-1-15-3-5-19(12-17(15)11-16)36-20-7-8-31-23(14-20)24-32-9-10-33-24/h3-8,12-14,16H,1-2,9-11H2,(H,32,33)(H,34,35). The topological polar surface area (TPSA) is 75.6 Å². The van der Waals surface area contributed by atoms with Crippen molar-refractivity contribution in [3.8, 4) is 11.5 Å². The molecule has 2 N–H and O–H groups in total. The van der Waals surface area contributed by atoms with E-state index in [2.05, 4.69) is 20.6 Å². The highest BCUT2D eigenvalue weighted by molar-refractivity contribution is 6.31. The Hall–Kier alpha value is -3.59. The fourth-order valence-electron chi connectivity index (χ4n) is 4.40. The van der Waals surface area contributed by atoms with Crippen molar-refractivity contribution >= 4 is 29.0 Å². The Balaban J connectivity index is 1.28. The average Bonchev–Trinajstić information content (AvgIpc) is 3.39. The summed E-state index contributed by atoms with van der Waals surface area (Å²) in [5, 5.41) is 5.39. The van der Waals surface area contributed by atoms with E-state index >= 15 is 0 Å². The normalized spacial score (nSPS) is 17.1. The summed E-state index contributed by atoms with van der Waals surface area (Å²) in [7, 11) is 0. The van der Waals surface area contributed by atoms with E-state index in [4.69, 9.17) is 16.3 Å². The second-order valence-electron chi connectivity index (χ2n) is 8.69. The van der Waals surface area contributed by atoms with Gasteiger partial charge in [-0.05, 0) is 66.8 Å². The summed E-state index contributed by atoms with van der Waals surface area (Å²) in [6, 6.07) is 12.7. The number of carbonyl (C=O) groups is 1. The number of aliphatic imine (C=N–C) groups is 1. The van der Waals surface area contributed by atoms with Crippen LogP contribution in [-0.4, -0.2) is 29.8 Å². The number of halogens is 4. The summed E-state index contributed by atoms with van der Waals surface area (Å²) < 4.78 is 45.5. The Morgan fingerprint density at radius 3 is 2.69 bits per heavy atom. The number of nitrogens with one attached hydrogen (secondary N) is 2. The maximum atomic E-state index is 13.2. The molecule has 0 spiro atoms. The van der Waals surface area contributed by atoms with Crippen LogP contribution in [0.4, 0.5) is 18.9 Å². The number of benzene rings is 2. The van der Waals surface area contributed by atoms with Crippen LogP contribution in [-0.2, 0) is 23.8 Å². The zero-order valence-electron chi connectivity index (χ0n) is 19.0. The minimum absolute atomic E-state index is 0.0643. The number of aryl methyl sites for hydroxylation is 1. The van der Waals surface area contributed by atoms with Gasteiger partial charge in [0.15, 0.2) is 0 Å². The molecule has 1 unspecified atom stereocenters. The Morgan fingerprint density at radius 1 is 1.08 bits per heavy atom. The summed E-state index contributed by atoms with van der Waals surface area (Å²) in [5.74, 6) is 1.27. The Morgan fingerprint density at radius 2 is 1.92 bits per heavy atom. The summed E-state index contributed by atoms with van der Waals surface area (Å²) in [6.07, 6.45) is -1.20. The lowest BCUT2D eigenvalue weighted by Gasteiger charge is -2.24. The highest BCUT2D eigenvalue weighted by Gasteiger charge is 2.34. The maximum absolute atomic E-state index is 13.2. The largest absolute Gasteiger partial charge is 0.457 e. The molecule has 2 aromatic carbocycles. The van der Waals surface area contributed by atoms with Crippen LogP contribution in [0.2, 0.25) is 5.02 Å². The zero-order chi connectivity index (χ0) is 25.3. The van der Waals surface area contributed by atoms with Gasteiger partial charge in [0.1, 0.15) is 23.0 Å². The molecule has 0 fully saturated rings. The first-order valence-corrected chi connectivity index (χ1v) is 11.9. The molecule has 1 atom stereocenters. The molecule has 36 heavy (non-hydrogen) atoms. The summed E-state index contributed by atoms with van der Waals surface area (Å²) in [4.78, 5) is 21.6. The lowest BCUT2D eigenvalue weighted by atomic mass is 9.83. The third-order valence-electron chi connectivity index (χ3n) is 6.20. The van der Waals surface area contributed by atoms with Crippen molar-refractivity contribution in [3.63, 3.8) is 0 Å². The minimum Gasteiger partial charge on any atom is -0.457 e. The van der Waals surface area contributed by atoms with Gasteiger partial charge in [-0.25, -0.2) is 0 Å². The fourth-order valence-corrected chi connectivity index (χ4v) is 4.62. The Labute approximate surface area is 210 Å². The second kappa shape index (κ2) is 9.81. The number of pyridine rings is 1. The lowest BCUT2D eigenvalue weighted by Crippen LogP contribution is -2.28. The van der Waals surface area contributed by atoms with E-state index in [1.165, 1.54) is 6.07 Å². The molecule has 1 aliphatic heterocycles. The van der Waals surface area contributed by atoms with Crippen LogP contribution < -0.4 is 15.4 Å². The average molecular weight is 515 g/mol. The van der Waals surface area contributed by atoms with Crippen LogP contribution in [0.3, 0.4) is 0 Å². The van der Waals surface area contributed by atoms with Crippen molar-refractivity contribution in [1.29, 1.82) is 0 Å². The highest BCUT2D eigenvalue weighted by Crippen LogP contribution is 2.37. The fraction of sp³-hybridized carbons (Fsp3) is 0.269. The highest BCUT2D eigenvalue weighted by atomic mass is 35.5. The lowest BCUT2D eigenvalue weighted by molar-refractivity contribution is -0.137. The minimum atomic E-state index is -4.60. The molecule has 0 saturated carbocycles. The molecular formula is C26H22ClF3N4O2. The van der Waals surface area contributed by atoms with Gasteiger partial charge < -0.3 is 15.4 Å². The molecule has 1 amide bonds. The molecule has 0 saturated heterocycles. The molecule has 10 heteroatoms. The SMILES string of the molecule is O=C(Nc1ccc(Cl)c(C(F)(F)F)c1)C1CCc2ccc(Oc3ccnc(C4=NCCN4)c3)cc2C1. The van der Waals surface area contributed by atoms with E-state index in [9.17, 15) is 18.0 Å². The number of rotatable bonds is 5. The van der Waals surface area contributed by atoms with Crippen LogP contribution in [0.1, 0.15) is 28.8 Å². The van der Waals surface area contributed by atoms with Gasteiger partial charge in [-0.1, -0.05) is 17.7 Å². The predicted octanol–water partition coefficient (Wildman–Crippen LogP) is 5.64. The van der Waals surface area contributed by atoms with Crippen LogP contribution in [0.25, 0.3) is 0 Å². The van der Waals surface area contributed by atoms with Crippen LogP contribution in [0.15, 0.2) is 59.7 Å².